The highest BCUT2D eigenvalue weighted by Gasteiger charge is 2.38. The standard InChI is InChI=1S/C34H36N4O5.C2HF3O2/c1-23-8-6-7-11-28(23)37-34(42)38-29-17-12-25(20-31(29)43-2)21-32(39)36-27-15-13-26(14-16-27)30(22-33(40)41)35-19-18-24-9-4-3-5-10-24;3-2(4,5)1(6)7/h3-17,20,30,35H,18-19,21-22H2,1-2H3,(H,36,39)(H,40,41)(H2,37,38,42);(H,6,7). The first-order chi connectivity index (χ1) is 23.7. The molecule has 4 aromatic rings. The van der Waals surface area contributed by atoms with Crippen molar-refractivity contribution in [3.63, 3.8) is 0 Å². The van der Waals surface area contributed by atoms with Crippen LogP contribution in [0.5, 0.6) is 5.75 Å². The topological polar surface area (TPSA) is 166 Å². The third-order valence-electron chi connectivity index (χ3n) is 7.14. The number of carbonyl (C=O) groups excluding carboxylic acids is 2. The number of benzene rings is 4. The van der Waals surface area contributed by atoms with Crippen molar-refractivity contribution in [3.8, 4) is 5.75 Å². The van der Waals surface area contributed by atoms with E-state index >= 15 is 0 Å². The molecule has 4 rings (SSSR count). The fourth-order valence-corrected chi connectivity index (χ4v) is 4.65. The summed E-state index contributed by atoms with van der Waals surface area (Å²) >= 11 is 0. The summed E-state index contributed by atoms with van der Waals surface area (Å²) in [5.41, 5.74) is 5.43. The molecule has 0 saturated carbocycles. The predicted molar refractivity (Wildman–Crippen MR) is 182 cm³/mol. The maximum atomic E-state index is 12.8. The molecular formula is C36H37F3N4O7. The molecule has 1 atom stereocenters. The van der Waals surface area contributed by atoms with Gasteiger partial charge in [-0.3, -0.25) is 9.59 Å². The summed E-state index contributed by atoms with van der Waals surface area (Å²) in [7, 11) is 1.50. The van der Waals surface area contributed by atoms with Crippen molar-refractivity contribution >= 4 is 40.9 Å². The van der Waals surface area contributed by atoms with Gasteiger partial charge in [0.05, 0.1) is 25.6 Å². The second-order valence-electron chi connectivity index (χ2n) is 10.9. The van der Waals surface area contributed by atoms with E-state index in [0.717, 1.165) is 17.5 Å². The zero-order valence-electron chi connectivity index (χ0n) is 27.2. The lowest BCUT2D eigenvalue weighted by Crippen LogP contribution is -2.26. The van der Waals surface area contributed by atoms with Crippen molar-refractivity contribution in [1.82, 2.24) is 5.32 Å². The van der Waals surface area contributed by atoms with E-state index in [1.165, 1.54) is 12.7 Å². The van der Waals surface area contributed by atoms with Crippen molar-refractivity contribution in [1.29, 1.82) is 0 Å². The SMILES string of the molecule is COc1cc(CC(=O)Nc2ccc(C(CC(=O)O)NCCc3ccccc3)cc2)ccc1NC(=O)Nc1ccccc1C.O=C(O)C(F)(F)F. The Balaban J connectivity index is 0.000000872. The van der Waals surface area contributed by atoms with Gasteiger partial charge in [0.1, 0.15) is 5.75 Å². The van der Waals surface area contributed by atoms with Gasteiger partial charge in [-0.05, 0) is 72.5 Å². The summed E-state index contributed by atoms with van der Waals surface area (Å²) < 4.78 is 37.2. The van der Waals surface area contributed by atoms with Crippen LogP contribution in [-0.2, 0) is 27.2 Å². The van der Waals surface area contributed by atoms with E-state index in [1.807, 2.05) is 73.7 Å². The lowest BCUT2D eigenvalue weighted by Gasteiger charge is -2.18. The number of alkyl halides is 3. The number of methoxy groups -OCH3 is 1. The summed E-state index contributed by atoms with van der Waals surface area (Å²) in [6.45, 7) is 2.54. The van der Waals surface area contributed by atoms with Crippen molar-refractivity contribution in [2.75, 3.05) is 29.6 Å². The molecule has 3 amide bonds. The lowest BCUT2D eigenvalue weighted by molar-refractivity contribution is -0.192. The van der Waals surface area contributed by atoms with Crippen LogP contribution < -0.4 is 26.0 Å². The first-order valence-electron chi connectivity index (χ1n) is 15.2. The van der Waals surface area contributed by atoms with Crippen LogP contribution in [0.25, 0.3) is 0 Å². The number of nitrogens with one attached hydrogen (secondary N) is 4. The van der Waals surface area contributed by atoms with E-state index in [4.69, 9.17) is 14.6 Å². The van der Waals surface area contributed by atoms with Crippen LogP contribution >= 0.6 is 0 Å². The quantitative estimate of drug-likeness (QED) is 0.0888. The normalized spacial score (nSPS) is 11.3. The van der Waals surface area contributed by atoms with Crippen LogP contribution in [0.2, 0.25) is 0 Å². The number of carboxylic acids is 2. The molecule has 6 N–H and O–H groups in total. The third-order valence-corrected chi connectivity index (χ3v) is 7.14. The first-order valence-corrected chi connectivity index (χ1v) is 15.2. The van der Waals surface area contributed by atoms with Crippen molar-refractivity contribution < 1.29 is 47.3 Å². The van der Waals surface area contributed by atoms with Gasteiger partial charge in [-0.25, -0.2) is 9.59 Å². The van der Waals surface area contributed by atoms with Crippen LogP contribution in [0.1, 0.15) is 34.7 Å². The molecule has 0 aliphatic rings. The maximum Gasteiger partial charge on any atom is 0.490 e. The van der Waals surface area contributed by atoms with Crippen LogP contribution in [0, 0.1) is 6.92 Å². The second-order valence-corrected chi connectivity index (χ2v) is 10.9. The van der Waals surface area contributed by atoms with Crippen LogP contribution in [0.4, 0.5) is 35.0 Å². The van der Waals surface area contributed by atoms with E-state index in [-0.39, 0.29) is 24.8 Å². The van der Waals surface area contributed by atoms with Gasteiger partial charge in [0.2, 0.25) is 5.91 Å². The lowest BCUT2D eigenvalue weighted by atomic mass is 10.0. The minimum absolute atomic E-state index is 0.0548. The Morgan fingerprint density at radius 2 is 1.40 bits per heavy atom. The van der Waals surface area contributed by atoms with E-state index in [9.17, 15) is 32.7 Å². The van der Waals surface area contributed by atoms with Crippen molar-refractivity contribution in [3.05, 3.63) is 119 Å². The van der Waals surface area contributed by atoms with Gasteiger partial charge in [-0.15, -0.1) is 0 Å². The Morgan fingerprint density at radius 1 is 0.780 bits per heavy atom. The molecule has 0 fully saturated rings. The molecule has 0 aromatic heterocycles. The average Bonchev–Trinajstić information content (AvgIpc) is 3.06. The summed E-state index contributed by atoms with van der Waals surface area (Å²) in [6, 6.07) is 29.1. The minimum atomic E-state index is -5.08. The average molecular weight is 695 g/mol. The number of carbonyl (C=O) groups is 4. The molecule has 264 valence electrons. The molecule has 1 unspecified atom stereocenters. The number of rotatable bonds is 13. The molecule has 0 bridgehead atoms. The number of amides is 3. The van der Waals surface area contributed by atoms with Gasteiger partial charge in [0.25, 0.3) is 0 Å². The molecule has 0 saturated heterocycles. The van der Waals surface area contributed by atoms with Crippen LogP contribution in [0.3, 0.4) is 0 Å². The summed E-state index contributed by atoms with van der Waals surface area (Å²) in [4.78, 5) is 45.7. The van der Waals surface area contributed by atoms with Gasteiger partial charge >= 0.3 is 24.1 Å². The first kappa shape index (κ1) is 38.6. The number of aliphatic carboxylic acids is 2. The number of aryl methyl sites for hydroxylation is 1. The minimum Gasteiger partial charge on any atom is -0.495 e. The highest BCUT2D eigenvalue weighted by atomic mass is 19.4. The van der Waals surface area contributed by atoms with E-state index in [2.05, 4.69) is 21.3 Å². The Labute approximate surface area is 286 Å². The smallest absolute Gasteiger partial charge is 0.490 e. The Morgan fingerprint density at radius 3 is 2.00 bits per heavy atom. The molecule has 0 aliphatic carbocycles. The number of carboxylic acid groups (broad SMARTS) is 2. The highest BCUT2D eigenvalue weighted by Crippen LogP contribution is 2.27. The van der Waals surface area contributed by atoms with E-state index in [1.54, 1.807) is 30.3 Å². The predicted octanol–water partition coefficient (Wildman–Crippen LogP) is 6.81. The molecule has 0 spiro atoms. The number of anilines is 3. The Kier molecular flexibility index (Phi) is 14.3. The third kappa shape index (κ3) is 13.0. The maximum absolute atomic E-state index is 12.8. The van der Waals surface area contributed by atoms with Crippen LogP contribution in [-0.4, -0.2) is 53.9 Å². The number of ether oxygens (including phenoxy) is 1. The van der Waals surface area contributed by atoms with Crippen molar-refractivity contribution in [2.45, 2.75) is 38.4 Å². The zero-order chi connectivity index (χ0) is 36.7. The molecular weight excluding hydrogens is 657 g/mol. The number of hydrogen-bond donors (Lipinski definition) is 6. The monoisotopic (exact) mass is 694 g/mol. The van der Waals surface area contributed by atoms with Gasteiger partial charge in [-0.2, -0.15) is 13.2 Å². The van der Waals surface area contributed by atoms with Gasteiger partial charge < -0.3 is 36.2 Å². The summed E-state index contributed by atoms with van der Waals surface area (Å²) in [6.07, 6.45) is -4.26. The van der Waals surface area contributed by atoms with Gasteiger partial charge in [0.15, 0.2) is 0 Å². The molecule has 0 radical (unpaired) electrons. The molecule has 0 heterocycles. The second kappa shape index (κ2) is 18.6. The Bertz CT molecular complexity index is 1750. The van der Waals surface area contributed by atoms with Crippen molar-refractivity contribution in [2.24, 2.45) is 0 Å². The van der Waals surface area contributed by atoms with Gasteiger partial charge in [-0.1, -0.05) is 66.7 Å². The van der Waals surface area contributed by atoms with Crippen LogP contribution in [0.15, 0.2) is 97.1 Å². The molecule has 4 aromatic carbocycles. The van der Waals surface area contributed by atoms with E-state index < -0.39 is 24.1 Å². The summed E-state index contributed by atoms with van der Waals surface area (Å²) in [5, 5.41) is 28.4. The Hall–Kier alpha value is -5.89. The number of para-hydroxylation sites is 1. The fraction of sp³-hybridized carbons (Fsp3) is 0.222. The molecule has 14 heteroatoms. The van der Waals surface area contributed by atoms with Gasteiger partial charge in [0, 0.05) is 17.4 Å². The number of halogens is 3. The fourth-order valence-electron chi connectivity index (χ4n) is 4.65. The number of urea groups is 1. The largest absolute Gasteiger partial charge is 0.495 e. The highest BCUT2D eigenvalue weighted by molar-refractivity contribution is 6.01. The molecule has 0 aliphatic heterocycles. The number of hydrogen-bond acceptors (Lipinski definition) is 6. The molecule has 11 nitrogen and oxygen atoms in total. The zero-order valence-corrected chi connectivity index (χ0v) is 27.2. The summed E-state index contributed by atoms with van der Waals surface area (Å²) in [5.74, 6) is -3.44. The van der Waals surface area contributed by atoms with E-state index in [0.29, 0.717) is 34.9 Å². The molecule has 50 heavy (non-hydrogen) atoms.